The van der Waals surface area contributed by atoms with Gasteiger partial charge >= 0.3 is 18.3 Å². The van der Waals surface area contributed by atoms with Crippen LogP contribution in [0.2, 0.25) is 0 Å². The maximum Gasteiger partial charge on any atom is 0.412 e. The Morgan fingerprint density at radius 1 is 1.24 bits per heavy atom. The van der Waals surface area contributed by atoms with Crippen molar-refractivity contribution in [3.8, 4) is 17.1 Å². The lowest BCUT2D eigenvalue weighted by atomic mass is 10.0. The molecular formula is C24H29F3N6O4. The fraction of sp³-hybridized carbons (Fsp3) is 0.417. The molecular weight excluding hydrogens is 493 g/mol. The number of fused-ring (bicyclic) bond motifs is 1. The van der Waals surface area contributed by atoms with E-state index in [1.54, 1.807) is 49.0 Å². The molecule has 0 aliphatic rings. The topological polar surface area (TPSA) is 101 Å². The molecule has 3 rings (SSSR count). The minimum atomic E-state index is -4.82. The molecule has 37 heavy (non-hydrogen) atoms. The zero-order chi connectivity index (χ0) is 27.3. The van der Waals surface area contributed by atoms with Crippen LogP contribution in [0.25, 0.3) is 16.9 Å². The van der Waals surface area contributed by atoms with Gasteiger partial charge in [-0.3, -0.25) is 0 Å². The zero-order valence-corrected chi connectivity index (χ0v) is 21.1. The number of hydrogen-bond acceptors (Lipinski definition) is 6. The normalized spacial score (nSPS) is 13.1. The predicted octanol–water partition coefficient (Wildman–Crippen LogP) is 4.13. The van der Waals surface area contributed by atoms with Crippen molar-refractivity contribution in [2.24, 2.45) is 0 Å². The number of imidazole rings is 1. The smallest absolute Gasteiger partial charge is 0.412 e. The van der Waals surface area contributed by atoms with E-state index in [0.717, 1.165) is 10.5 Å². The van der Waals surface area contributed by atoms with Crippen LogP contribution in [0.5, 0.6) is 5.88 Å². The number of alkyl halides is 3. The van der Waals surface area contributed by atoms with Gasteiger partial charge in [0, 0.05) is 44.8 Å². The van der Waals surface area contributed by atoms with Gasteiger partial charge in [0.25, 0.3) is 5.88 Å². The third kappa shape index (κ3) is 6.40. The number of amides is 3. The van der Waals surface area contributed by atoms with Crippen LogP contribution in [0.3, 0.4) is 0 Å². The van der Waals surface area contributed by atoms with E-state index in [0.29, 0.717) is 22.8 Å². The summed E-state index contributed by atoms with van der Waals surface area (Å²) in [6.07, 6.45) is -0.607. The SMILES string of the molecule is CCN(C(=O)NC(COC(=O)N(C)C)C(F)(F)F)[C@H](C)c1cccc(-c2cn3ccnc3c(OC)n2)c1. The van der Waals surface area contributed by atoms with E-state index in [4.69, 9.17) is 4.74 Å². The second-order valence-electron chi connectivity index (χ2n) is 8.40. The van der Waals surface area contributed by atoms with Crippen molar-refractivity contribution in [2.75, 3.05) is 34.4 Å². The number of carbonyl (C=O) groups is 2. The number of methoxy groups -OCH3 is 1. The molecule has 0 saturated carbocycles. The molecule has 0 aliphatic heterocycles. The Morgan fingerprint density at radius 3 is 2.59 bits per heavy atom. The number of urea groups is 1. The number of nitrogens with one attached hydrogen (secondary N) is 1. The Bertz CT molecular complexity index is 1250. The summed E-state index contributed by atoms with van der Waals surface area (Å²) in [6.45, 7) is 2.46. The van der Waals surface area contributed by atoms with Crippen LogP contribution in [0.4, 0.5) is 22.8 Å². The molecule has 3 amide bonds. The molecule has 10 nitrogen and oxygen atoms in total. The summed E-state index contributed by atoms with van der Waals surface area (Å²) in [5.74, 6) is 0.337. The van der Waals surface area contributed by atoms with E-state index in [2.05, 4.69) is 14.7 Å². The van der Waals surface area contributed by atoms with Crippen molar-refractivity contribution >= 4 is 17.8 Å². The van der Waals surface area contributed by atoms with Gasteiger partial charge in [0.1, 0.15) is 6.61 Å². The molecule has 2 atom stereocenters. The summed E-state index contributed by atoms with van der Waals surface area (Å²) < 4.78 is 52.4. The van der Waals surface area contributed by atoms with Crippen LogP contribution in [-0.2, 0) is 4.74 Å². The lowest BCUT2D eigenvalue weighted by Crippen LogP contribution is -2.53. The molecule has 0 saturated heterocycles. The summed E-state index contributed by atoms with van der Waals surface area (Å²) in [7, 11) is 4.18. The molecule has 0 spiro atoms. The predicted molar refractivity (Wildman–Crippen MR) is 129 cm³/mol. The van der Waals surface area contributed by atoms with Crippen LogP contribution in [-0.4, -0.2) is 82.9 Å². The maximum absolute atomic E-state index is 13.6. The number of ether oxygens (including phenoxy) is 2. The summed E-state index contributed by atoms with van der Waals surface area (Å²) in [6, 6.07) is 3.30. The van der Waals surface area contributed by atoms with Crippen molar-refractivity contribution in [3.63, 3.8) is 0 Å². The first-order valence-corrected chi connectivity index (χ1v) is 11.4. The fourth-order valence-corrected chi connectivity index (χ4v) is 3.64. The molecule has 0 bridgehead atoms. The van der Waals surface area contributed by atoms with Crippen molar-refractivity contribution in [1.29, 1.82) is 0 Å². The highest BCUT2D eigenvalue weighted by molar-refractivity contribution is 5.75. The molecule has 0 radical (unpaired) electrons. The van der Waals surface area contributed by atoms with E-state index < -0.39 is 37.0 Å². The average Bonchev–Trinajstić information content (AvgIpc) is 3.34. The Hall–Kier alpha value is -4.03. The Labute approximate surface area is 212 Å². The lowest BCUT2D eigenvalue weighted by molar-refractivity contribution is -0.162. The van der Waals surface area contributed by atoms with E-state index >= 15 is 0 Å². The van der Waals surface area contributed by atoms with Gasteiger partial charge in [0.15, 0.2) is 11.7 Å². The van der Waals surface area contributed by atoms with Gasteiger partial charge in [-0.15, -0.1) is 0 Å². The number of halogens is 3. The molecule has 200 valence electrons. The van der Waals surface area contributed by atoms with Crippen molar-refractivity contribution in [2.45, 2.75) is 32.1 Å². The Kier molecular flexibility index (Phi) is 8.46. The van der Waals surface area contributed by atoms with E-state index in [-0.39, 0.29) is 6.54 Å². The van der Waals surface area contributed by atoms with Gasteiger partial charge < -0.3 is 29.0 Å². The quantitative estimate of drug-likeness (QED) is 0.478. The number of carbonyl (C=O) groups excluding carboxylic acids is 2. The average molecular weight is 523 g/mol. The number of hydrogen-bond donors (Lipinski definition) is 1. The fourth-order valence-electron chi connectivity index (χ4n) is 3.64. The standard InChI is InChI=1S/C24H29F3N6O4/c1-6-33(22(34)30-19(24(25,26)27)14-37-23(35)31(3)4)15(2)16-8-7-9-17(12-16)18-13-32-11-10-28-20(32)21(29-18)36-5/h7-13,15,19H,6,14H2,1-5H3,(H,30,34)/t15-,19?/m1/s1. The van der Waals surface area contributed by atoms with Crippen LogP contribution in [0.1, 0.15) is 25.5 Å². The molecule has 2 heterocycles. The number of aromatic nitrogens is 3. The molecule has 13 heteroatoms. The van der Waals surface area contributed by atoms with Crippen LogP contribution < -0.4 is 10.1 Å². The first-order chi connectivity index (χ1) is 17.5. The van der Waals surface area contributed by atoms with Crippen LogP contribution >= 0.6 is 0 Å². The molecule has 3 aromatic rings. The molecule has 1 unspecified atom stereocenters. The largest absolute Gasteiger partial charge is 0.478 e. The first kappa shape index (κ1) is 27.6. The summed E-state index contributed by atoms with van der Waals surface area (Å²) in [4.78, 5) is 35.5. The minimum absolute atomic E-state index is 0.131. The summed E-state index contributed by atoms with van der Waals surface area (Å²) in [5.41, 5.74) is 2.55. The molecule has 1 N–H and O–H groups in total. The number of nitrogens with zero attached hydrogens (tertiary/aromatic N) is 5. The second-order valence-corrected chi connectivity index (χ2v) is 8.40. The van der Waals surface area contributed by atoms with Gasteiger partial charge in [0.2, 0.25) is 0 Å². The van der Waals surface area contributed by atoms with E-state index in [1.165, 1.54) is 26.1 Å². The third-order valence-electron chi connectivity index (χ3n) is 5.70. The summed E-state index contributed by atoms with van der Waals surface area (Å²) in [5, 5.41) is 1.96. The van der Waals surface area contributed by atoms with Gasteiger partial charge in [0.05, 0.1) is 18.8 Å². The zero-order valence-electron chi connectivity index (χ0n) is 21.1. The molecule has 0 aliphatic carbocycles. The second kappa shape index (κ2) is 11.4. The maximum atomic E-state index is 13.6. The highest BCUT2D eigenvalue weighted by atomic mass is 19.4. The lowest BCUT2D eigenvalue weighted by Gasteiger charge is -2.31. The van der Waals surface area contributed by atoms with Crippen molar-refractivity contribution in [1.82, 2.24) is 29.5 Å². The van der Waals surface area contributed by atoms with E-state index in [9.17, 15) is 22.8 Å². The molecule has 0 fully saturated rings. The number of benzene rings is 1. The van der Waals surface area contributed by atoms with Crippen LogP contribution in [0, 0.1) is 0 Å². The highest BCUT2D eigenvalue weighted by Crippen LogP contribution is 2.28. The first-order valence-electron chi connectivity index (χ1n) is 11.4. The van der Waals surface area contributed by atoms with Crippen LogP contribution in [0.15, 0.2) is 42.9 Å². The van der Waals surface area contributed by atoms with Gasteiger partial charge in [-0.1, -0.05) is 18.2 Å². The highest BCUT2D eigenvalue weighted by Gasteiger charge is 2.42. The minimum Gasteiger partial charge on any atom is -0.478 e. The summed E-state index contributed by atoms with van der Waals surface area (Å²) >= 11 is 0. The third-order valence-corrected chi connectivity index (χ3v) is 5.70. The Morgan fingerprint density at radius 2 is 1.97 bits per heavy atom. The molecule has 1 aromatic carbocycles. The van der Waals surface area contributed by atoms with Gasteiger partial charge in [-0.2, -0.15) is 13.2 Å². The van der Waals surface area contributed by atoms with Gasteiger partial charge in [-0.25, -0.2) is 19.6 Å². The Balaban J connectivity index is 1.82. The molecule has 2 aromatic heterocycles. The monoisotopic (exact) mass is 522 g/mol. The van der Waals surface area contributed by atoms with Crippen molar-refractivity contribution < 1.29 is 32.2 Å². The number of rotatable bonds is 8. The van der Waals surface area contributed by atoms with E-state index in [1.807, 2.05) is 17.4 Å². The van der Waals surface area contributed by atoms with Crippen molar-refractivity contribution in [3.05, 3.63) is 48.4 Å². The van der Waals surface area contributed by atoms with Gasteiger partial charge in [-0.05, 0) is 25.5 Å².